The number of alkyl halides is 12. The summed E-state index contributed by atoms with van der Waals surface area (Å²) in [5.74, 6) is -6.16. The Morgan fingerprint density at radius 2 is 1.14 bits per heavy atom. The Kier molecular flexibility index (Phi) is 16.5. The maximum atomic E-state index is 12.2. The third kappa shape index (κ3) is 16.3. The van der Waals surface area contributed by atoms with Crippen molar-refractivity contribution in [1.82, 2.24) is 0 Å². The predicted octanol–water partition coefficient (Wildman–Crippen LogP) is 9.38. The van der Waals surface area contributed by atoms with Crippen LogP contribution in [-0.2, 0) is 10.8 Å². The molecular formula is C22H22Cl2F12N4OS2. The third-order valence-electron chi connectivity index (χ3n) is 3.84. The lowest BCUT2D eigenvalue weighted by molar-refractivity contribution is -0.106. The molecule has 2 rings (SSSR count). The van der Waals surface area contributed by atoms with Gasteiger partial charge >= 0.3 is 24.7 Å². The van der Waals surface area contributed by atoms with Crippen molar-refractivity contribution >= 4 is 68.8 Å². The van der Waals surface area contributed by atoms with Crippen LogP contribution in [0.15, 0.2) is 56.2 Å². The summed E-state index contributed by atoms with van der Waals surface area (Å²) >= 11 is 11.6. The van der Waals surface area contributed by atoms with Crippen LogP contribution in [0.3, 0.4) is 0 Å². The Labute approximate surface area is 254 Å². The quantitative estimate of drug-likeness (QED) is 0.135. The Balaban J connectivity index is 0. The summed E-state index contributed by atoms with van der Waals surface area (Å²) in [6, 6.07) is 6.06. The SMILES string of the molecule is C.C.NC(=Nc1ccc(Cl)c(S(=O)CC(F)(F)F)c1)C(F)(F)F.NC(=Nc1ccc(Cl)c(SCC(F)(F)F)c1)C(F)(F)F. The van der Waals surface area contributed by atoms with Crippen molar-refractivity contribution in [3.8, 4) is 0 Å². The summed E-state index contributed by atoms with van der Waals surface area (Å²) in [4.78, 5) is 5.60. The largest absolute Gasteiger partial charge is 0.448 e. The van der Waals surface area contributed by atoms with E-state index in [1.54, 1.807) is 0 Å². The molecular weight excluding hydrogens is 699 g/mol. The number of nitrogens with two attached hydrogens (primary N) is 2. The Morgan fingerprint density at radius 3 is 1.53 bits per heavy atom. The molecule has 0 saturated carbocycles. The molecule has 0 radical (unpaired) electrons. The smallest absolute Gasteiger partial charge is 0.380 e. The van der Waals surface area contributed by atoms with Gasteiger partial charge in [0.05, 0.1) is 42.9 Å². The zero-order valence-electron chi connectivity index (χ0n) is 19.4. The summed E-state index contributed by atoms with van der Waals surface area (Å²) in [5, 5.41) is -0.286. The van der Waals surface area contributed by atoms with E-state index < -0.39 is 69.3 Å². The van der Waals surface area contributed by atoms with Crippen LogP contribution in [0.4, 0.5) is 64.1 Å². The van der Waals surface area contributed by atoms with E-state index in [9.17, 15) is 56.9 Å². The summed E-state index contributed by atoms with van der Waals surface area (Å²) < 4.78 is 157. The van der Waals surface area contributed by atoms with Crippen LogP contribution in [0.1, 0.15) is 14.9 Å². The topological polar surface area (TPSA) is 93.8 Å². The minimum atomic E-state index is -4.88. The Hall–Kier alpha value is -2.38. The molecule has 0 aliphatic rings. The first-order valence-electron chi connectivity index (χ1n) is 9.95. The van der Waals surface area contributed by atoms with E-state index in [0.717, 1.165) is 36.4 Å². The minimum Gasteiger partial charge on any atom is -0.380 e. The van der Waals surface area contributed by atoms with Gasteiger partial charge in [-0.3, -0.25) is 4.21 Å². The van der Waals surface area contributed by atoms with Crippen molar-refractivity contribution in [3.63, 3.8) is 0 Å². The van der Waals surface area contributed by atoms with E-state index in [-0.39, 0.29) is 35.5 Å². The van der Waals surface area contributed by atoms with Gasteiger partial charge < -0.3 is 11.5 Å². The highest BCUT2D eigenvalue weighted by atomic mass is 35.5. The summed E-state index contributed by atoms with van der Waals surface area (Å²) in [6.07, 6.45) is -18.8. The van der Waals surface area contributed by atoms with Gasteiger partial charge in [0, 0.05) is 4.90 Å². The highest BCUT2D eigenvalue weighted by molar-refractivity contribution is 7.99. The van der Waals surface area contributed by atoms with Crippen molar-refractivity contribution in [3.05, 3.63) is 46.4 Å². The number of hydrogen-bond donors (Lipinski definition) is 2. The fraction of sp³-hybridized carbons (Fsp3) is 0.364. The molecule has 0 aromatic heterocycles. The number of amidine groups is 2. The van der Waals surface area contributed by atoms with Gasteiger partial charge in [0.2, 0.25) is 11.7 Å². The molecule has 5 nitrogen and oxygen atoms in total. The molecule has 2 aromatic carbocycles. The van der Waals surface area contributed by atoms with E-state index in [2.05, 4.69) is 15.7 Å². The fourth-order valence-corrected chi connectivity index (χ4v) is 4.58. The molecule has 4 N–H and O–H groups in total. The second-order valence-electron chi connectivity index (χ2n) is 7.23. The molecule has 0 spiro atoms. The molecule has 1 unspecified atom stereocenters. The number of rotatable bonds is 6. The van der Waals surface area contributed by atoms with Gasteiger partial charge in [0.25, 0.3) is 0 Å². The van der Waals surface area contributed by atoms with Crippen LogP contribution in [0.5, 0.6) is 0 Å². The van der Waals surface area contributed by atoms with Crippen LogP contribution in [0.25, 0.3) is 0 Å². The lowest BCUT2D eigenvalue weighted by Gasteiger charge is -2.09. The number of thioether (sulfide) groups is 1. The molecule has 0 aliphatic heterocycles. The van der Waals surface area contributed by atoms with Gasteiger partial charge in [-0.05, 0) is 36.4 Å². The molecule has 0 heterocycles. The van der Waals surface area contributed by atoms with Crippen LogP contribution in [0.2, 0.25) is 10.0 Å². The molecule has 246 valence electrons. The normalized spacial score (nSPS) is 13.7. The van der Waals surface area contributed by atoms with E-state index >= 15 is 0 Å². The van der Waals surface area contributed by atoms with Gasteiger partial charge in [0.1, 0.15) is 5.75 Å². The van der Waals surface area contributed by atoms with Crippen LogP contribution in [-0.4, -0.2) is 52.1 Å². The van der Waals surface area contributed by atoms with Crippen molar-refractivity contribution in [1.29, 1.82) is 0 Å². The third-order valence-corrected chi connectivity index (χ3v) is 7.26. The Bertz CT molecular complexity index is 1290. The molecule has 21 heteroatoms. The molecule has 0 saturated heterocycles. The van der Waals surface area contributed by atoms with E-state index in [1.807, 2.05) is 0 Å². The number of halogens is 14. The Morgan fingerprint density at radius 1 is 0.721 bits per heavy atom. The van der Waals surface area contributed by atoms with E-state index in [1.165, 1.54) is 0 Å². The molecule has 43 heavy (non-hydrogen) atoms. The number of aliphatic imine (C=N–C) groups is 2. The minimum absolute atomic E-state index is 0. The number of benzene rings is 2. The zero-order valence-corrected chi connectivity index (χ0v) is 22.6. The van der Waals surface area contributed by atoms with Crippen molar-refractivity contribution in [2.75, 3.05) is 11.5 Å². The summed E-state index contributed by atoms with van der Waals surface area (Å²) in [7, 11) is -2.56. The predicted molar refractivity (Wildman–Crippen MR) is 145 cm³/mol. The lowest BCUT2D eigenvalue weighted by atomic mass is 10.3. The molecule has 0 fully saturated rings. The average molecular weight is 721 g/mol. The molecule has 0 amide bonds. The number of nitrogens with zero attached hydrogens (tertiary/aromatic N) is 2. The highest BCUT2D eigenvalue weighted by Gasteiger charge is 2.35. The van der Waals surface area contributed by atoms with Gasteiger partial charge in [-0.15, -0.1) is 11.8 Å². The summed E-state index contributed by atoms with van der Waals surface area (Å²) in [6.45, 7) is 0. The van der Waals surface area contributed by atoms with E-state index in [4.69, 9.17) is 28.9 Å². The molecule has 2 aromatic rings. The van der Waals surface area contributed by atoms with E-state index in [0.29, 0.717) is 11.8 Å². The molecule has 0 bridgehead atoms. The molecule has 0 aliphatic carbocycles. The second-order valence-corrected chi connectivity index (χ2v) is 10.5. The summed E-state index contributed by atoms with van der Waals surface area (Å²) in [5.41, 5.74) is 8.77. The zero-order chi connectivity index (χ0) is 32.0. The van der Waals surface area contributed by atoms with Gasteiger partial charge in [-0.1, -0.05) is 38.1 Å². The fourth-order valence-electron chi connectivity index (χ4n) is 2.20. The lowest BCUT2D eigenvalue weighted by Crippen LogP contribution is -2.30. The van der Waals surface area contributed by atoms with Crippen LogP contribution in [0, 0.1) is 0 Å². The standard InChI is InChI=1S/C10H7ClF6N2OS.C10H7ClF6N2S.2CH4/c11-6-2-1-5(19-8(18)10(15,16)17)3-7(6)21(20)4-9(12,13)14;11-6-2-1-5(19-8(18)10(15,16)17)3-7(6)20-4-9(12,13)14;;/h1-3H,4H2,(H2,18,19);1-3H,4H2,(H2,18,19);2*1H4. The monoisotopic (exact) mass is 720 g/mol. The van der Waals surface area contributed by atoms with Crippen LogP contribution < -0.4 is 11.5 Å². The number of hydrogen-bond acceptors (Lipinski definition) is 4. The van der Waals surface area contributed by atoms with Gasteiger partial charge in [-0.25, -0.2) is 9.98 Å². The van der Waals surface area contributed by atoms with Crippen molar-refractivity contribution < 1.29 is 56.9 Å². The first-order chi connectivity index (χ1) is 18.4. The maximum absolute atomic E-state index is 12.2. The maximum Gasteiger partial charge on any atom is 0.448 e. The van der Waals surface area contributed by atoms with Crippen molar-refractivity contribution in [2.24, 2.45) is 21.5 Å². The average Bonchev–Trinajstić information content (AvgIpc) is 2.78. The first kappa shape index (κ1) is 42.8. The first-order valence-corrected chi connectivity index (χ1v) is 13.0. The molecule has 1 atom stereocenters. The van der Waals surface area contributed by atoms with Gasteiger partial charge in [0.15, 0.2) is 0 Å². The highest BCUT2D eigenvalue weighted by Crippen LogP contribution is 2.35. The van der Waals surface area contributed by atoms with Gasteiger partial charge in [-0.2, -0.15) is 52.7 Å². The van der Waals surface area contributed by atoms with Crippen molar-refractivity contribution in [2.45, 2.75) is 49.3 Å². The second kappa shape index (κ2) is 16.6. The van der Waals surface area contributed by atoms with Crippen LogP contribution >= 0.6 is 35.0 Å².